The minimum Gasteiger partial charge on any atom is -0.352 e. The van der Waals surface area contributed by atoms with Crippen LogP contribution in [-0.4, -0.2) is 57.5 Å². The number of piperidine rings is 1. The second-order valence-electron chi connectivity index (χ2n) is 6.50. The van der Waals surface area contributed by atoms with Crippen LogP contribution in [0.5, 0.6) is 0 Å². The fourth-order valence-electron chi connectivity index (χ4n) is 2.86. The van der Waals surface area contributed by atoms with Crippen LogP contribution in [0.3, 0.4) is 0 Å². The number of amides is 1. The van der Waals surface area contributed by atoms with Crippen LogP contribution in [0.2, 0.25) is 0 Å². The molecule has 1 saturated heterocycles. The second-order valence-corrected chi connectivity index (χ2v) is 10.1. The van der Waals surface area contributed by atoms with Crippen molar-refractivity contribution in [3.05, 3.63) is 32.7 Å². The van der Waals surface area contributed by atoms with Crippen molar-refractivity contribution < 1.29 is 26.4 Å². The van der Waals surface area contributed by atoms with E-state index < -0.39 is 15.5 Å². The first-order valence-electron chi connectivity index (χ1n) is 8.50. The first-order chi connectivity index (χ1) is 13.0. The molecule has 1 aliphatic rings. The largest absolute Gasteiger partial charge is 0.511 e. The SMILES string of the molecule is O=C(NCC1CCN(CCNS(=O)(=O)C(F)(F)F)CC1)c1cc(Br)cc(Br)c1. The van der Waals surface area contributed by atoms with Crippen LogP contribution in [0.4, 0.5) is 13.2 Å². The van der Waals surface area contributed by atoms with Crippen LogP contribution in [0.1, 0.15) is 23.2 Å². The van der Waals surface area contributed by atoms with Crippen molar-refractivity contribution in [3.63, 3.8) is 0 Å². The van der Waals surface area contributed by atoms with E-state index >= 15 is 0 Å². The van der Waals surface area contributed by atoms with Gasteiger partial charge in [0.1, 0.15) is 0 Å². The molecule has 1 amide bonds. The summed E-state index contributed by atoms with van der Waals surface area (Å²) in [5, 5.41) is 2.90. The molecule has 2 rings (SSSR count). The van der Waals surface area contributed by atoms with Crippen LogP contribution in [0, 0.1) is 5.92 Å². The summed E-state index contributed by atoms with van der Waals surface area (Å²) in [4.78, 5) is 14.2. The third-order valence-electron chi connectivity index (χ3n) is 4.41. The smallest absolute Gasteiger partial charge is 0.352 e. The molecular weight excluding hydrogens is 531 g/mol. The highest BCUT2D eigenvalue weighted by molar-refractivity contribution is 9.11. The van der Waals surface area contributed by atoms with Gasteiger partial charge in [-0.3, -0.25) is 4.79 Å². The number of sulfonamides is 1. The number of rotatable bonds is 7. The standard InChI is InChI=1S/C16H20Br2F3N3O3S/c17-13-7-12(8-14(18)9-13)15(25)22-10-11-1-4-24(5-2-11)6-3-23-28(26,27)16(19,20)21/h7-9,11,23H,1-6,10H2,(H,22,25). The molecule has 0 atom stereocenters. The summed E-state index contributed by atoms with van der Waals surface area (Å²) in [5.41, 5.74) is -4.75. The van der Waals surface area contributed by atoms with Crippen molar-refractivity contribution in [2.45, 2.75) is 18.3 Å². The molecule has 1 aliphatic heterocycles. The number of nitrogens with zero attached hydrogens (tertiary/aromatic N) is 1. The van der Waals surface area contributed by atoms with Crippen molar-refractivity contribution in [2.75, 3.05) is 32.7 Å². The van der Waals surface area contributed by atoms with Gasteiger partial charge in [0, 0.05) is 34.1 Å². The van der Waals surface area contributed by atoms with E-state index in [-0.39, 0.29) is 24.9 Å². The van der Waals surface area contributed by atoms with E-state index in [1.54, 1.807) is 16.9 Å². The van der Waals surface area contributed by atoms with Gasteiger partial charge in [-0.1, -0.05) is 31.9 Å². The molecule has 6 nitrogen and oxygen atoms in total. The van der Waals surface area contributed by atoms with Gasteiger partial charge in [0.15, 0.2) is 0 Å². The maximum absolute atomic E-state index is 12.3. The van der Waals surface area contributed by atoms with Crippen LogP contribution in [0.25, 0.3) is 0 Å². The fraction of sp³-hybridized carbons (Fsp3) is 0.562. The van der Waals surface area contributed by atoms with Gasteiger partial charge < -0.3 is 10.2 Å². The summed E-state index contributed by atoms with van der Waals surface area (Å²) in [6.07, 6.45) is 1.54. The molecule has 1 aromatic rings. The van der Waals surface area contributed by atoms with Crippen LogP contribution >= 0.6 is 31.9 Å². The average Bonchev–Trinajstić information content (AvgIpc) is 2.59. The van der Waals surface area contributed by atoms with E-state index in [9.17, 15) is 26.4 Å². The zero-order valence-corrected chi connectivity index (χ0v) is 18.7. The third-order valence-corrected chi connectivity index (χ3v) is 6.52. The highest BCUT2D eigenvalue weighted by atomic mass is 79.9. The summed E-state index contributed by atoms with van der Waals surface area (Å²) in [7, 11) is -5.29. The maximum atomic E-state index is 12.3. The zero-order chi connectivity index (χ0) is 20.9. The molecule has 2 N–H and O–H groups in total. The number of carbonyl (C=O) groups excluding carboxylic acids is 1. The lowest BCUT2D eigenvalue weighted by atomic mass is 9.96. The Labute approximate surface area is 178 Å². The number of alkyl halides is 3. The Bertz CT molecular complexity index is 778. The van der Waals surface area contributed by atoms with E-state index in [0.717, 1.165) is 21.8 Å². The Kier molecular flexibility index (Phi) is 8.32. The molecule has 0 unspecified atom stereocenters. The van der Waals surface area contributed by atoms with Gasteiger partial charge in [0.05, 0.1) is 0 Å². The summed E-state index contributed by atoms with van der Waals surface area (Å²) in [6, 6.07) is 5.29. The van der Waals surface area contributed by atoms with Gasteiger partial charge in [-0.15, -0.1) is 0 Å². The molecule has 1 fully saturated rings. The van der Waals surface area contributed by atoms with Gasteiger partial charge in [-0.2, -0.15) is 13.2 Å². The monoisotopic (exact) mass is 549 g/mol. The maximum Gasteiger partial charge on any atom is 0.511 e. The topological polar surface area (TPSA) is 78.5 Å². The highest BCUT2D eigenvalue weighted by Gasteiger charge is 2.45. The number of halogens is 5. The Morgan fingerprint density at radius 3 is 2.25 bits per heavy atom. The number of benzene rings is 1. The summed E-state index contributed by atoms with van der Waals surface area (Å²) >= 11 is 6.68. The Morgan fingerprint density at radius 2 is 1.71 bits per heavy atom. The Morgan fingerprint density at radius 1 is 1.14 bits per heavy atom. The third kappa shape index (κ3) is 6.97. The molecule has 1 aromatic carbocycles. The van der Waals surface area contributed by atoms with Crippen molar-refractivity contribution in [1.82, 2.24) is 14.9 Å². The lowest BCUT2D eigenvalue weighted by Gasteiger charge is -2.32. The molecular formula is C16H20Br2F3N3O3S. The number of hydrogen-bond acceptors (Lipinski definition) is 4. The number of carbonyl (C=O) groups is 1. The molecule has 0 aliphatic carbocycles. The number of nitrogens with one attached hydrogen (secondary N) is 2. The molecule has 0 radical (unpaired) electrons. The quantitative estimate of drug-likeness (QED) is 0.547. The summed E-state index contributed by atoms with van der Waals surface area (Å²) in [5.74, 6) is 0.0913. The van der Waals surface area contributed by atoms with Crippen molar-refractivity contribution in [3.8, 4) is 0 Å². The lowest BCUT2D eigenvalue weighted by Crippen LogP contribution is -2.44. The molecule has 0 saturated carbocycles. The van der Waals surface area contributed by atoms with Crippen LogP contribution in [0.15, 0.2) is 27.1 Å². The predicted molar refractivity (Wildman–Crippen MR) is 106 cm³/mol. The van der Waals surface area contributed by atoms with Gasteiger partial charge in [-0.25, -0.2) is 13.1 Å². The van der Waals surface area contributed by atoms with Crippen molar-refractivity contribution >= 4 is 47.8 Å². The average molecular weight is 551 g/mol. The predicted octanol–water partition coefficient (Wildman–Crippen LogP) is 3.09. The molecule has 12 heteroatoms. The number of likely N-dealkylation sites (tertiary alicyclic amines) is 1. The highest BCUT2D eigenvalue weighted by Crippen LogP contribution is 2.22. The second kappa shape index (κ2) is 9.88. The normalized spacial score (nSPS) is 16.9. The van der Waals surface area contributed by atoms with Crippen molar-refractivity contribution in [1.29, 1.82) is 0 Å². The first kappa shape index (κ1) is 23.6. The van der Waals surface area contributed by atoms with Crippen LogP contribution < -0.4 is 10.0 Å². The summed E-state index contributed by atoms with van der Waals surface area (Å²) in [6.45, 7) is 1.70. The zero-order valence-electron chi connectivity index (χ0n) is 14.7. The molecule has 0 bridgehead atoms. The Balaban J connectivity index is 1.70. The first-order valence-corrected chi connectivity index (χ1v) is 11.6. The van der Waals surface area contributed by atoms with Gasteiger partial charge in [-0.05, 0) is 50.0 Å². The minimum atomic E-state index is -5.29. The van der Waals surface area contributed by atoms with Gasteiger partial charge >= 0.3 is 15.5 Å². The molecule has 0 aromatic heterocycles. The van der Waals surface area contributed by atoms with E-state index in [1.165, 1.54) is 0 Å². The van der Waals surface area contributed by atoms with Crippen molar-refractivity contribution in [2.24, 2.45) is 5.92 Å². The van der Waals surface area contributed by atoms with Gasteiger partial charge in [0.2, 0.25) is 0 Å². The van der Waals surface area contributed by atoms with E-state index in [4.69, 9.17) is 0 Å². The molecule has 158 valence electrons. The van der Waals surface area contributed by atoms with E-state index in [0.29, 0.717) is 25.2 Å². The molecule has 0 spiro atoms. The Hall–Kier alpha value is -0.690. The molecule has 1 heterocycles. The van der Waals surface area contributed by atoms with Crippen LogP contribution in [-0.2, 0) is 10.0 Å². The minimum absolute atomic E-state index is 0.175. The lowest BCUT2D eigenvalue weighted by molar-refractivity contribution is -0.0448. The van der Waals surface area contributed by atoms with Gasteiger partial charge in [0.25, 0.3) is 5.91 Å². The van der Waals surface area contributed by atoms with E-state index in [2.05, 4.69) is 37.2 Å². The fourth-order valence-corrected chi connectivity index (χ4v) is 4.68. The van der Waals surface area contributed by atoms with E-state index in [1.807, 2.05) is 11.0 Å². The number of hydrogen-bond donors (Lipinski definition) is 2. The molecule has 28 heavy (non-hydrogen) atoms. The summed E-state index contributed by atoms with van der Waals surface area (Å²) < 4.78 is 61.8.